The van der Waals surface area contributed by atoms with Crippen LogP contribution in [0.1, 0.15) is 53.6 Å². The average molecular weight is 338 g/mol. The van der Waals surface area contributed by atoms with E-state index >= 15 is 0 Å². The number of fused-ring (bicyclic) bond motifs is 1. The largest absolute Gasteiger partial charge is 0.496 e. The number of nitriles is 1. The maximum absolute atomic E-state index is 9.69. The molecule has 0 amide bonds. The summed E-state index contributed by atoms with van der Waals surface area (Å²) in [6.07, 6.45) is 0. The number of hydrogen-bond donors (Lipinski definition) is 2. The highest BCUT2D eigenvalue weighted by Crippen LogP contribution is 2.45. The van der Waals surface area contributed by atoms with Crippen LogP contribution < -0.4 is 15.2 Å². The fourth-order valence-electron chi connectivity index (χ4n) is 3.36. The predicted molar refractivity (Wildman–Crippen MR) is 94.4 cm³/mol. The Balaban J connectivity index is 2.29. The molecule has 1 atom stereocenters. The van der Waals surface area contributed by atoms with Gasteiger partial charge in [0.05, 0.1) is 13.0 Å². The van der Waals surface area contributed by atoms with E-state index in [0.717, 1.165) is 33.7 Å². The van der Waals surface area contributed by atoms with Gasteiger partial charge < -0.3 is 15.2 Å². The zero-order chi connectivity index (χ0) is 18.3. The molecule has 0 fully saturated rings. The lowest BCUT2D eigenvalue weighted by Crippen LogP contribution is -2.21. The summed E-state index contributed by atoms with van der Waals surface area (Å²) in [6, 6.07) is 6.34. The Hall–Kier alpha value is -2.94. The molecule has 1 aliphatic rings. The second kappa shape index (κ2) is 6.17. The van der Waals surface area contributed by atoms with Crippen LogP contribution in [0.5, 0.6) is 11.6 Å². The van der Waals surface area contributed by atoms with Crippen LogP contribution in [0.15, 0.2) is 23.6 Å². The summed E-state index contributed by atoms with van der Waals surface area (Å²) >= 11 is 0. The van der Waals surface area contributed by atoms with E-state index in [1.807, 2.05) is 19.9 Å². The zero-order valence-corrected chi connectivity index (χ0v) is 15.1. The first-order chi connectivity index (χ1) is 11.9. The lowest BCUT2D eigenvalue weighted by molar-refractivity contribution is 0.378. The number of aryl methyl sites for hydroxylation is 2. The molecule has 6 heteroatoms. The molecule has 0 unspecified atom stereocenters. The van der Waals surface area contributed by atoms with Gasteiger partial charge in [0.2, 0.25) is 11.8 Å². The van der Waals surface area contributed by atoms with E-state index < -0.39 is 0 Å². The number of rotatable bonds is 3. The van der Waals surface area contributed by atoms with E-state index in [4.69, 9.17) is 15.2 Å². The lowest BCUT2D eigenvalue weighted by atomic mass is 9.80. The van der Waals surface area contributed by atoms with Gasteiger partial charge in [-0.15, -0.1) is 5.10 Å². The highest BCUT2D eigenvalue weighted by Gasteiger charge is 2.35. The Morgan fingerprint density at radius 3 is 2.68 bits per heavy atom. The van der Waals surface area contributed by atoms with Crippen molar-refractivity contribution in [3.63, 3.8) is 0 Å². The Kier molecular flexibility index (Phi) is 4.17. The number of H-pyrrole nitrogens is 1. The molecule has 1 aromatic heterocycles. The first-order valence-electron chi connectivity index (χ1n) is 8.19. The first kappa shape index (κ1) is 16.9. The Labute approximate surface area is 147 Å². The summed E-state index contributed by atoms with van der Waals surface area (Å²) in [5.41, 5.74) is 11.3. The monoisotopic (exact) mass is 338 g/mol. The average Bonchev–Trinajstić information content (AvgIpc) is 2.93. The van der Waals surface area contributed by atoms with Crippen LogP contribution in [0.4, 0.5) is 0 Å². The van der Waals surface area contributed by atoms with Gasteiger partial charge in [0.25, 0.3) is 0 Å². The SMILES string of the molecule is COc1cc(C)c([C@@H]2C(C#N)=C(N)Oc3n[nH]c(C)c32)cc1C(C)C. The number of nitrogens with two attached hydrogens (primary N) is 1. The standard InChI is InChI=1S/C19H22N4O2/c1-9(2)12-7-13(10(3)6-15(12)24-5)17-14(8-20)18(21)25-19-16(17)11(4)22-23-19/h6-7,9,17H,21H2,1-5H3,(H,22,23)/t17-/m1/s1. The molecule has 0 aliphatic carbocycles. The zero-order valence-electron chi connectivity index (χ0n) is 15.1. The fourth-order valence-corrected chi connectivity index (χ4v) is 3.36. The number of allylic oxidation sites excluding steroid dienone is 1. The molecular formula is C19H22N4O2. The molecule has 2 heterocycles. The number of ether oxygens (including phenoxy) is 2. The van der Waals surface area contributed by atoms with Crippen molar-refractivity contribution in [2.75, 3.05) is 7.11 Å². The number of benzene rings is 1. The Morgan fingerprint density at radius 2 is 2.08 bits per heavy atom. The topological polar surface area (TPSA) is 96.9 Å². The van der Waals surface area contributed by atoms with Crippen LogP contribution in [0.2, 0.25) is 0 Å². The van der Waals surface area contributed by atoms with Crippen molar-refractivity contribution >= 4 is 0 Å². The van der Waals surface area contributed by atoms with Gasteiger partial charge in [-0.05, 0) is 42.5 Å². The Morgan fingerprint density at radius 1 is 1.36 bits per heavy atom. The summed E-state index contributed by atoms with van der Waals surface area (Å²) in [5.74, 6) is 1.36. The van der Waals surface area contributed by atoms with E-state index in [1.54, 1.807) is 7.11 Å². The minimum Gasteiger partial charge on any atom is -0.496 e. The van der Waals surface area contributed by atoms with Crippen LogP contribution in [-0.2, 0) is 0 Å². The third-order valence-corrected chi connectivity index (χ3v) is 4.68. The quantitative estimate of drug-likeness (QED) is 0.894. The minimum absolute atomic E-state index is 0.104. The van der Waals surface area contributed by atoms with Crippen LogP contribution in [0.25, 0.3) is 0 Å². The maximum atomic E-state index is 9.69. The van der Waals surface area contributed by atoms with Crippen molar-refractivity contribution in [2.24, 2.45) is 5.73 Å². The van der Waals surface area contributed by atoms with Crippen molar-refractivity contribution in [2.45, 2.75) is 39.5 Å². The number of hydrogen-bond acceptors (Lipinski definition) is 5. The molecule has 0 saturated carbocycles. The molecule has 25 heavy (non-hydrogen) atoms. The maximum Gasteiger partial charge on any atom is 0.244 e. The van der Waals surface area contributed by atoms with Crippen LogP contribution >= 0.6 is 0 Å². The van der Waals surface area contributed by atoms with E-state index in [-0.39, 0.29) is 17.7 Å². The van der Waals surface area contributed by atoms with Gasteiger partial charge in [0.15, 0.2) is 0 Å². The molecule has 0 bridgehead atoms. The number of aromatic amines is 1. The van der Waals surface area contributed by atoms with Crippen LogP contribution in [0, 0.1) is 25.2 Å². The highest BCUT2D eigenvalue weighted by molar-refractivity contribution is 5.58. The molecular weight excluding hydrogens is 316 g/mol. The molecule has 6 nitrogen and oxygen atoms in total. The van der Waals surface area contributed by atoms with Gasteiger partial charge in [0, 0.05) is 11.3 Å². The van der Waals surface area contributed by atoms with Crippen molar-refractivity contribution in [1.29, 1.82) is 5.26 Å². The molecule has 2 aromatic rings. The predicted octanol–water partition coefficient (Wildman–Crippen LogP) is 3.38. The van der Waals surface area contributed by atoms with E-state index in [9.17, 15) is 5.26 Å². The summed E-state index contributed by atoms with van der Waals surface area (Å²) in [5, 5.41) is 16.8. The second-order valence-corrected chi connectivity index (χ2v) is 6.60. The van der Waals surface area contributed by atoms with Crippen LogP contribution in [0.3, 0.4) is 0 Å². The molecule has 1 aliphatic heterocycles. The highest BCUT2D eigenvalue weighted by atomic mass is 16.5. The van der Waals surface area contributed by atoms with Crippen molar-refractivity contribution < 1.29 is 9.47 Å². The first-order valence-corrected chi connectivity index (χ1v) is 8.19. The third kappa shape index (κ3) is 2.62. The van der Waals surface area contributed by atoms with Crippen molar-refractivity contribution in [3.8, 4) is 17.7 Å². The number of nitrogens with one attached hydrogen (secondary N) is 1. The van der Waals surface area contributed by atoms with E-state index in [0.29, 0.717) is 11.5 Å². The van der Waals surface area contributed by atoms with E-state index in [1.165, 1.54) is 0 Å². The number of aromatic nitrogens is 2. The van der Waals surface area contributed by atoms with Gasteiger partial charge in [-0.25, -0.2) is 0 Å². The second-order valence-electron chi connectivity index (χ2n) is 6.60. The molecule has 3 N–H and O–H groups in total. The van der Waals surface area contributed by atoms with Crippen molar-refractivity contribution in [1.82, 2.24) is 10.2 Å². The number of nitrogens with zero attached hydrogens (tertiary/aromatic N) is 2. The molecule has 1 aromatic carbocycles. The minimum atomic E-state index is -0.309. The number of methoxy groups -OCH3 is 1. The van der Waals surface area contributed by atoms with Gasteiger partial charge in [0.1, 0.15) is 17.4 Å². The molecule has 0 radical (unpaired) electrons. The summed E-state index contributed by atoms with van der Waals surface area (Å²) in [6.45, 7) is 8.16. The van der Waals surface area contributed by atoms with Gasteiger partial charge in [-0.1, -0.05) is 19.9 Å². The van der Waals surface area contributed by atoms with Gasteiger partial charge >= 0.3 is 0 Å². The molecule has 3 rings (SSSR count). The summed E-state index contributed by atoms with van der Waals surface area (Å²) < 4.78 is 11.1. The lowest BCUT2D eigenvalue weighted by Gasteiger charge is -2.26. The van der Waals surface area contributed by atoms with Crippen molar-refractivity contribution in [3.05, 3.63) is 51.5 Å². The fraction of sp³-hybridized carbons (Fsp3) is 0.368. The van der Waals surface area contributed by atoms with E-state index in [2.05, 4.69) is 36.2 Å². The molecule has 0 spiro atoms. The third-order valence-electron chi connectivity index (χ3n) is 4.68. The smallest absolute Gasteiger partial charge is 0.244 e. The molecule has 130 valence electrons. The van der Waals surface area contributed by atoms with Crippen LogP contribution in [-0.4, -0.2) is 17.3 Å². The normalized spacial score (nSPS) is 16.4. The van der Waals surface area contributed by atoms with Gasteiger partial charge in [-0.2, -0.15) is 5.26 Å². The molecule has 0 saturated heterocycles. The Bertz CT molecular complexity index is 903. The van der Waals surface area contributed by atoms with Gasteiger partial charge in [-0.3, -0.25) is 5.10 Å². The summed E-state index contributed by atoms with van der Waals surface area (Å²) in [7, 11) is 1.67. The summed E-state index contributed by atoms with van der Waals surface area (Å²) in [4.78, 5) is 0.